The van der Waals surface area contributed by atoms with Gasteiger partial charge in [-0.2, -0.15) is 0 Å². The van der Waals surface area contributed by atoms with Gasteiger partial charge in [0.15, 0.2) is 0 Å². The summed E-state index contributed by atoms with van der Waals surface area (Å²) in [4.78, 5) is 46.0. The highest BCUT2D eigenvalue weighted by Gasteiger charge is 2.37. The number of amides is 3. The van der Waals surface area contributed by atoms with Gasteiger partial charge in [-0.15, -0.1) is 0 Å². The number of piperidine rings is 1. The van der Waals surface area contributed by atoms with Gasteiger partial charge >= 0.3 is 12.1 Å². The number of likely N-dealkylation sites (tertiary alicyclic amines) is 1. The van der Waals surface area contributed by atoms with Gasteiger partial charge in [0.1, 0.15) is 17.5 Å². The minimum atomic E-state index is -0.615. The summed E-state index contributed by atoms with van der Waals surface area (Å²) in [5.41, 5.74) is 0.303. The number of aryl methyl sites for hydroxylation is 1. The number of ether oxygens (including phenoxy) is 1. The Balaban J connectivity index is 1.57. The van der Waals surface area contributed by atoms with Crippen LogP contribution in [0.3, 0.4) is 0 Å². The molecule has 0 bridgehead atoms. The zero-order valence-corrected chi connectivity index (χ0v) is 19.3. The lowest BCUT2D eigenvalue weighted by Gasteiger charge is -2.37. The third-order valence-corrected chi connectivity index (χ3v) is 5.83. The van der Waals surface area contributed by atoms with Crippen molar-refractivity contribution in [1.82, 2.24) is 24.7 Å². The van der Waals surface area contributed by atoms with Crippen LogP contribution in [0.15, 0.2) is 6.20 Å². The first-order chi connectivity index (χ1) is 14.6. The summed E-state index contributed by atoms with van der Waals surface area (Å²) in [6.45, 7) is 11.0. The normalized spacial score (nSPS) is 18.2. The summed E-state index contributed by atoms with van der Waals surface area (Å²) in [7, 11) is 0. The van der Waals surface area contributed by atoms with Gasteiger partial charge in [0.25, 0.3) is 0 Å². The minimum absolute atomic E-state index is 0.0257. The van der Waals surface area contributed by atoms with Gasteiger partial charge in [-0.1, -0.05) is 19.8 Å². The van der Waals surface area contributed by atoms with Crippen molar-refractivity contribution in [2.45, 2.75) is 91.0 Å². The number of carbonyl (C=O) groups is 3. The molecule has 9 heteroatoms. The average molecular weight is 434 g/mol. The van der Waals surface area contributed by atoms with Crippen LogP contribution in [0.1, 0.15) is 71.3 Å². The van der Waals surface area contributed by atoms with Crippen molar-refractivity contribution in [3.8, 4) is 0 Å². The molecular formula is C22H35N5O4. The molecule has 0 unspecified atom stereocenters. The van der Waals surface area contributed by atoms with Gasteiger partial charge in [0.05, 0.1) is 18.4 Å². The van der Waals surface area contributed by atoms with Gasteiger partial charge in [0, 0.05) is 19.1 Å². The Morgan fingerprint density at radius 3 is 2.55 bits per heavy atom. The summed E-state index contributed by atoms with van der Waals surface area (Å²) in [5.74, 6) is 0.638. The summed E-state index contributed by atoms with van der Waals surface area (Å²) in [6, 6.07) is -0.514. The fraction of sp³-hybridized carbons (Fsp3) is 0.727. The van der Waals surface area contributed by atoms with Crippen LogP contribution in [-0.2, 0) is 16.1 Å². The van der Waals surface area contributed by atoms with E-state index in [1.165, 1.54) is 0 Å². The fourth-order valence-corrected chi connectivity index (χ4v) is 4.25. The summed E-state index contributed by atoms with van der Waals surface area (Å²) < 4.78 is 7.01. The molecule has 9 nitrogen and oxygen atoms in total. The van der Waals surface area contributed by atoms with E-state index < -0.39 is 17.7 Å². The molecule has 0 aliphatic carbocycles. The zero-order valence-electron chi connectivity index (χ0n) is 19.3. The molecule has 1 atom stereocenters. The zero-order chi connectivity index (χ0) is 22.8. The molecular weight excluding hydrogens is 398 g/mol. The molecule has 0 spiro atoms. The molecule has 3 heterocycles. The number of fused-ring (bicyclic) bond motifs is 1. The van der Waals surface area contributed by atoms with E-state index >= 15 is 0 Å². The number of rotatable bonds is 6. The second kappa shape index (κ2) is 9.28. The summed E-state index contributed by atoms with van der Waals surface area (Å²) in [5, 5.41) is 2.77. The van der Waals surface area contributed by atoms with Crippen LogP contribution >= 0.6 is 0 Å². The van der Waals surface area contributed by atoms with Crippen molar-refractivity contribution in [2.24, 2.45) is 0 Å². The quantitative estimate of drug-likeness (QED) is 0.744. The maximum Gasteiger partial charge on any atom is 0.408 e. The molecule has 31 heavy (non-hydrogen) atoms. The number of alkyl carbamates (subject to hydrolysis) is 1. The molecule has 2 aliphatic rings. The van der Waals surface area contributed by atoms with Crippen LogP contribution in [0.4, 0.5) is 9.59 Å². The number of hydrogen-bond acceptors (Lipinski definition) is 5. The fourth-order valence-electron chi connectivity index (χ4n) is 4.25. The molecule has 2 aliphatic heterocycles. The Morgan fingerprint density at radius 2 is 1.97 bits per heavy atom. The third kappa shape index (κ3) is 5.37. The number of unbranched alkanes of at least 4 members (excludes halogenated alkanes) is 1. The van der Waals surface area contributed by atoms with Gasteiger partial charge in [-0.3, -0.25) is 9.36 Å². The number of carbonyl (C=O) groups excluding carboxylic acids is 3. The number of aromatic nitrogens is 2. The lowest BCUT2D eigenvalue weighted by molar-refractivity contribution is -0.135. The Kier molecular flexibility index (Phi) is 6.91. The topological polar surface area (TPSA) is 96.8 Å². The van der Waals surface area contributed by atoms with Crippen LogP contribution in [0.25, 0.3) is 0 Å². The summed E-state index contributed by atoms with van der Waals surface area (Å²) in [6.07, 6.45) is 5.01. The third-order valence-electron chi connectivity index (χ3n) is 5.83. The predicted octanol–water partition coefficient (Wildman–Crippen LogP) is 3.05. The molecule has 0 radical (unpaired) electrons. The van der Waals surface area contributed by atoms with Crippen LogP contribution < -0.4 is 5.32 Å². The highest BCUT2D eigenvalue weighted by atomic mass is 16.6. The molecule has 3 amide bonds. The molecule has 1 N–H and O–H groups in total. The first-order valence-electron chi connectivity index (χ1n) is 11.2. The van der Waals surface area contributed by atoms with E-state index in [1.807, 2.05) is 16.7 Å². The molecule has 172 valence electrons. The van der Waals surface area contributed by atoms with E-state index in [0.29, 0.717) is 31.9 Å². The highest BCUT2D eigenvalue weighted by molar-refractivity contribution is 5.86. The van der Waals surface area contributed by atoms with Crippen molar-refractivity contribution < 1.29 is 19.1 Å². The SMILES string of the molecule is CCCC[C@@H](NC(=O)OC(C)(C)C)C(=O)N1CCC(N2Cc3cnc(C)n3C2=O)CC1. The van der Waals surface area contributed by atoms with E-state index in [2.05, 4.69) is 17.2 Å². The lowest BCUT2D eigenvalue weighted by atomic mass is 10.0. The Morgan fingerprint density at radius 1 is 1.29 bits per heavy atom. The average Bonchev–Trinajstić information content (AvgIpc) is 3.23. The number of nitrogens with one attached hydrogen (secondary N) is 1. The second-order valence-corrected chi connectivity index (χ2v) is 9.44. The largest absolute Gasteiger partial charge is 0.444 e. The Hall–Kier alpha value is -2.58. The molecule has 1 fully saturated rings. The lowest BCUT2D eigenvalue weighted by Crippen LogP contribution is -2.53. The molecule has 1 aromatic rings. The van der Waals surface area contributed by atoms with Crippen molar-refractivity contribution in [3.63, 3.8) is 0 Å². The second-order valence-electron chi connectivity index (χ2n) is 9.44. The minimum Gasteiger partial charge on any atom is -0.444 e. The Labute approximate surface area is 184 Å². The van der Waals surface area contributed by atoms with Crippen LogP contribution in [0, 0.1) is 6.92 Å². The van der Waals surface area contributed by atoms with E-state index in [4.69, 9.17) is 4.74 Å². The van der Waals surface area contributed by atoms with Crippen LogP contribution in [-0.4, -0.2) is 68.2 Å². The van der Waals surface area contributed by atoms with Gasteiger partial charge in [-0.05, 0) is 47.0 Å². The van der Waals surface area contributed by atoms with Crippen molar-refractivity contribution in [2.75, 3.05) is 13.1 Å². The van der Waals surface area contributed by atoms with Crippen molar-refractivity contribution in [3.05, 3.63) is 17.7 Å². The van der Waals surface area contributed by atoms with Crippen LogP contribution in [0.5, 0.6) is 0 Å². The van der Waals surface area contributed by atoms with Crippen molar-refractivity contribution >= 4 is 18.0 Å². The number of imidazole rings is 1. The smallest absolute Gasteiger partial charge is 0.408 e. The monoisotopic (exact) mass is 433 g/mol. The van der Waals surface area contributed by atoms with Gasteiger partial charge in [0.2, 0.25) is 5.91 Å². The van der Waals surface area contributed by atoms with Crippen molar-refractivity contribution in [1.29, 1.82) is 0 Å². The predicted molar refractivity (Wildman–Crippen MR) is 116 cm³/mol. The van der Waals surface area contributed by atoms with E-state index in [-0.39, 0.29) is 18.0 Å². The van der Waals surface area contributed by atoms with Crippen LogP contribution in [0.2, 0.25) is 0 Å². The van der Waals surface area contributed by atoms with E-state index in [0.717, 1.165) is 31.4 Å². The van der Waals surface area contributed by atoms with Gasteiger partial charge < -0.3 is 19.9 Å². The molecule has 1 saturated heterocycles. The molecule has 1 aromatic heterocycles. The van der Waals surface area contributed by atoms with E-state index in [1.54, 1.807) is 31.5 Å². The maximum absolute atomic E-state index is 13.1. The molecule has 0 saturated carbocycles. The highest BCUT2D eigenvalue weighted by Crippen LogP contribution is 2.26. The first-order valence-corrected chi connectivity index (χ1v) is 11.2. The Bertz CT molecular complexity index is 820. The maximum atomic E-state index is 13.1. The van der Waals surface area contributed by atoms with Gasteiger partial charge in [-0.25, -0.2) is 14.6 Å². The first kappa shape index (κ1) is 23.1. The van der Waals surface area contributed by atoms with E-state index in [9.17, 15) is 14.4 Å². The number of hydrogen-bond donors (Lipinski definition) is 1. The molecule has 3 rings (SSSR count). The standard InChI is InChI=1S/C22H35N5O4/c1-6-7-8-18(24-20(29)31-22(3,4)5)19(28)25-11-9-16(10-12-25)26-14-17-13-23-15(2)27(17)21(26)30/h13,16,18H,6-12,14H2,1-5H3,(H,24,29)/t18-/m1/s1. The molecule has 0 aromatic carbocycles. The summed E-state index contributed by atoms with van der Waals surface area (Å²) >= 11 is 0. The number of nitrogens with zero attached hydrogens (tertiary/aromatic N) is 4.